The molecule has 1 nitrogen and oxygen atoms in total. The summed E-state index contributed by atoms with van der Waals surface area (Å²) >= 11 is 0. The number of allylic oxidation sites excluding steroid dienone is 4. The summed E-state index contributed by atoms with van der Waals surface area (Å²) in [5.74, 6) is 0.446. The van der Waals surface area contributed by atoms with Gasteiger partial charge in [0, 0.05) is 0 Å². The van der Waals surface area contributed by atoms with Crippen molar-refractivity contribution in [3.05, 3.63) is 59.4 Å². The van der Waals surface area contributed by atoms with Crippen molar-refractivity contribution in [1.29, 1.82) is 5.26 Å². The fourth-order valence-corrected chi connectivity index (χ4v) is 3.32. The van der Waals surface area contributed by atoms with Crippen molar-refractivity contribution in [2.24, 2.45) is 5.92 Å². The molecule has 0 bridgehead atoms. The Morgan fingerprint density at radius 3 is 2.52 bits per heavy atom. The lowest BCUT2D eigenvalue weighted by molar-refractivity contribution is 0.376. The summed E-state index contributed by atoms with van der Waals surface area (Å²) in [4.78, 5) is 0. The van der Waals surface area contributed by atoms with Gasteiger partial charge in [0.25, 0.3) is 0 Å². The zero-order valence-corrected chi connectivity index (χ0v) is 14.0. The van der Waals surface area contributed by atoms with E-state index in [9.17, 15) is 4.39 Å². The second kappa shape index (κ2) is 9.30. The van der Waals surface area contributed by atoms with E-state index in [1.165, 1.54) is 55.4 Å². The summed E-state index contributed by atoms with van der Waals surface area (Å²) in [5.41, 5.74) is 2.90. The second-order valence-electron chi connectivity index (χ2n) is 6.47. The molecule has 0 radical (unpaired) electrons. The Labute approximate surface area is 139 Å². The van der Waals surface area contributed by atoms with Gasteiger partial charge in [-0.2, -0.15) is 9.65 Å². The van der Waals surface area contributed by atoms with Crippen LogP contribution in [-0.4, -0.2) is 0 Å². The van der Waals surface area contributed by atoms with Crippen LogP contribution in [0.1, 0.15) is 62.5 Å². The molecule has 0 heterocycles. The van der Waals surface area contributed by atoms with Gasteiger partial charge in [0.1, 0.15) is 6.07 Å². The molecule has 0 amide bonds. The largest absolute Gasteiger partial charge is 0.199 e. The molecule has 2 rings (SSSR count). The summed E-state index contributed by atoms with van der Waals surface area (Å²) in [5, 5.41) is 8.37. The van der Waals surface area contributed by atoms with Gasteiger partial charge < -0.3 is 0 Å². The Hall–Kier alpha value is -1.88. The van der Waals surface area contributed by atoms with E-state index in [1.54, 1.807) is 6.08 Å². The van der Waals surface area contributed by atoms with Crippen LogP contribution < -0.4 is 0 Å². The third-order valence-corrected chi connectivity index (χ3v) is 4.77. The minimum Gasteiger partial charge on any atom is -0.195 e. The van der Waals surface area contributed by atoms with Crippen LogP contribution in [0.25, 0.3) is 0 Å². The van der Waals surface area contributed by atoms with Gasteiger partial charge in [-0.05, 0) is 67.6 Å². The van der Waals surface area contributed by atoms with E-state index in [4.69, 9.17) is 5.26 Å². The maximum absolute atomic E-state index is 12.7. The topological polar surface area (TPSA) is 23.8 Å². The van der Waals surface area contributed by atoms with Crippen LogP contribution in [0, 0.1) is 17.2 Å². The average Bonchev–Trinajstić information content (AvgIpc) is 2.61. The standard InChI is InChI=1S/C21H26FN/c1-2-3-5-17-8-12-19(13-9-17)20-14-10-18(11-15-20)6-4-7-21(22)16-23/h4,6-9,12-13,18,20H,2-3,5,10-11,14-15H2,1H3/b6-4+,21-7-/t18-,20-. The maximum Gasteiger partial charge on any atom is 0.199 e. The van der Waals surface area contributed by atoms with Gasteiger partial charge in [0.15, 0.2) is 5.83 Å². The van der Waals surface area contributed by atoms with Crippen molar-refractivity contribution < 1.29 is 4.39 Å². The fourth-order valence-electron chi connectivity index (χ4n) is 3.32. The molecule has 0 spiro atoms. The molecule has 1 aromatic carbocycles. The molecule has 122 valence electrons. The Kier molecular flexibility index (Phi) is 7.07. The fraction of sp³-hybridized carbons (Fsp3) is 0.476. The van der Waals surface area contributed by atoms with E-state index in [-0.39, 0.29) is 0 Å². The lowest BCUT2D eigenvalue weighted by atomic mass is 9.78. The molecule has 0 saturated heterocycles. The zero-order valence-electron chi connectivity index (χ0n) is 14.0. The summed E-state index contributed by atoms with van der Waals surface area (Å²) in [6.07, 6.45) is 13.3. The monoisotopic (exact) mass is 311 g/mol. The van der Waals surface area contributed by atoms with E-state index in [0.29, 0.717) is 11.8 Å². The number of aryl methyl sites for hydroxylation is 1. The number of benzene rings is 1. The van der Waals surface area contributed by atoms with Crippen LogP contribution in [0.4, 0.5) is 4.39 Å². The van der Waals surface area contributed by atoms with Crippen molar-refractivity contribution in [1.82, 2.24) is 0 Å². The van der Waals surface area contributed by atoms with E-state index in [1.807, 2.05) is 6.08 Å². The molecule has 0 aliphatic heterocycles. The number of nitriles is 1. The van der Waals surface area contributed by atoms with Crippen LogP contribution >= 0.6 is 0 Å². The quantitative estimate of drug-likeness (QED) is 0.451. The lowest BCUT2D eigenvalue weighted by Crippen LogP contribution is -2.11. The first kappa shape index (κ1) is 17.5. The number of nitrogens with zero attached hydrogens (tertiary/aromatic N) is 1. The van der Waals surface area contributed by atoms with Gasteiger partial charge in [-0.1, -0.05) is 49.8 Å². The van der Waals surface area contributed by atoms with Crippen LogP contribution in [0.5, 0.6) is 0 Å². The third-order valence-electron chi connectivity index (χ3n) is 4.77. The Morgan fingerprint density at radius 1 is 1.22 bits per heavy atom. The maximum atomic E-state index is 12.7. The lowest BCUT2D eigenvalue weighted by Gasteiger charge is -2.27. The van der Waals surface area contributed by atoms with Gasteiger partial charge in [-0.3, -0.25) is 0 Å². The predicted molar refractivity (Wildman–Crippen MR) is 93.7 cm³/mol. The van der Waals surface area contributed by atoms with E-state index < -0.39 is 5.83 Å². The molecule has 1 fully saturated rings. The van der Waals surface area contributed by atoms with Gasteiger partial charge >= 0.3 is 0 Å². The van der Waals surface area contributed by atoms with Crippen molar-refractivity contribution in [3.63, 3.8) is 0 Å². The second-order valence-corrected chi connectivity index (χ2v) is 6.47. The molecule has 2 heteroatoms. The van der Waals surface area contributed by atoms with E-state index in [2.05, 4.69) is 31.2 Å². The number of rotatable bonds is 6. The average molecular weight is 311 g/mol. The first-order valence-electron chi connectivity index (χ1n) is 8.75. The molecular weight excluding hydrogens is 285 g/mol. The minimum absolute atomic E-state index is 0.512. The first-order valence-corrected chi connectivity index (χ1v) is 8.75. The summed E-state index contributed by atoms with van der Waals surface area (Å²) < 4.78 is 12.7. The Bertz CT molecular complexity index is 569. The smallest absolute Gasteiger partial charge is 0.195 e. The van der Waals surface area contributed by atoms with Gasteiger partial charge in [-0.15, -0.1) is 0 Å². The summed E-state index contributed by atoms with van der Waals surface area (Å²) in [7, 11) is 0. The highest BCUT2D eigenvalue weighted by molar-refractivity contribution is 5.26. The molecule has 1 aliphatic rings. The van der Waals surface area contributed by atoms with Crippen molar-refractivity contribution in [3.8, 4) is 6.07 Å². The normalized spacial score (nSPS) is 22.2. The van der Waals surface area contributed by atoms with Gasteiger partial charge in [-0.25, -0.2) is 0 Å². The number of hydrogen-bond acceptors (Lipinski definition) is 1. The van der Waals surface area contributed by atoms with E-state index >= 15 is 0 Å². The van der Waals surface area contributed by atoms with Crippen molar-refractivity contribution in [2.45, 2.75) is 57.8 Å². The van der Waals surface area contributed by atoms with Crippen LogP contribution in [0.3, 0.4) is 0 Å². The SMILES string of the molecule is CCCCc1ccc([C@H]2CC[C@H](/C=C/C=C(\F)C#N)CC2)cc1. The number of unbranched alkanes of at least 4 members (excludes halogenated alkanes) is 1. The van der Waals surface area contributed by atoms with Gasteiger partial charge in [0.05, 0.1) is 0 Å². The molecule has 1 aliphatic carbocycles. The zero-order chi connectivity index (χ0) is 16.5. The Morgan fingerprint density at radius 2 is 1.91 bits per heavy atom. The highest BCUT2D eigenvalue weighted by atomic mass is 19.1. The van der Waals surface area contributed by atoms with Crippen LogP contribution in [0.2, 0.25) is 0 Å². The minimum atomic E-state index is -0.724. The summed E-state index contributed by atoms with van der Waals surface area (Å²) in [6.45, 7) is 2.23. The molecular formula is C21H26FN. The molecule has 1 saturated carbocycles. The Balaban J connectivity index is 1.83. The molecule has 1 aromatic rings. The van der Waals surface area contributed by atoms with Crippen molar-refractivity contribution in [2.75, 3.05) is 0 Å². The molecule has 23 heavy (non-hydrogen) atoms. The van der Waals surface area contributed by atoms with Crippen LogP contribution in [0.15, 0.2) is 48.3 Å². The van der Waals surface area contributed by atoms with Crippen molar-refractivity contribution >= 4 is 0 Å². The third kappa shape index (κ3) is 5.67. The van der Waals surface area contributed by atoms with Gasteiger partial charge in [0.2, 0.25) is 0 Å². The number of hydrogen-bond donors (Lipinski definition) is 0. The first-order chi connectivity index (χ1) is 11.2. The van der Waals surface area contributed by atoms with E-state index in [0.717, 1.165) is 12.8 Å². The number of halogens is 1. The summed E-state index contributed by atoms with van der Waals surface area (Å²) in [6, 6.07) is 10.7. The molecule has 0 aromatic heterocycles. The highest BCUT2D eigenvalue weighted by Gasteiger charge is 2.20. The predicted octanol–water partition coefficient (Wildman–Crippen LogP) is 6.24. The molecule has 0 atom stereocenters. The highest BCUT2D eigenvalue weighted by Crippen LogP contribution is 2.36. The van der Waals surface area contributed by atoms with Crippen LogP contribution in [-0.2, 0) is 6.42 Å². The molecule has 0 unspecified atom stereocenters. The molecule has 0 N–H and O–H groups in total.